The number of benzene rings is 1. The number of carbonyl (C=O) groups excluding carboxylic acids is 1. The van der Waals surface area contributed by atoms with E-state index >= 15 is 0 Å². The summed E-state index contributed by atoms with van der Waals surface area (Å²) in [5.74, 6) is 0.289. The minimum Gasteiger partial charge on any atom is -0.502 e. The van der Waals surface area contributed by atoms with E-state index in [2.05, 4.69) is 9.97 Å². The number of nitrogens with one attached hydrogen (secondary N) is 1. The predicted octanol–water partition coefficient (Wildman–Crippen LogP) is 2.01. The Hall–Kier alpha value is -3.09. The molecule has 2 aromatic rings. The number of carbonyl (C=O) groups is 1. The summed E-state index contributed by atoms with van der Waals surface area (Å²) < 4.78 is 10.1. The van der Waals surface area contributed by atoms with Crippen molar-refractivity contribution in [2.75, 3.05) is 14.2 Å². The van der Waals surface area contributed by atoms with E-state index in [1.54, 1.807) is 26.0 Å². The lowest BCUT2D eigenvalue weighted by Gasteiger charge is -2.09. The van der Waals surface area contributed by atoms with E-state index in [0.717, 1.165) is 0 Å². The monoisotopic (exact) mass is 330 g/mol. The van der Waals surface area contributed by atoms with Gasteiger partial charge >= 0.3 is 0 Å². The molecule has 0 fully saturated rings. The Morgan fingerprint density at radius 1 is 1.21 bits per heavy atom. The van der Waals surface area contributed by atoms with Gasteiger partial charge in [0, 0.05) is 0 Å². The van der Waals surface area contributed by atoms with Crippen molar-refractivity contribution in [1.29, 1.82) is 0 Å². The predicted molar refractivity (Wildman–Crippen MR) is 88.9 cm³/mol. The second-order valence-corrected chi connectivity index (χ2v) is 5.08. The second kappa shape index (κ2) is 6.99. The molecular weight excluding hydrogens is 312 g/mol. The van der Waals surface area contributed by atoms with Crippen molar-refractivity contribution in [2.24, 2.45) is 0 Å². The molecule has 0 radical (unpaired) electrons. The highest BCUT2D eigenvalue weighted by Gasteiger charge is 2.14. The van der Waals surface area contributed by atoms with Crippen LogP contribution >= 0.6 is 0 Å². The zero-order valence-corrected chi connectivity index (χ0v) is 13.8. The Morgan fingerprint density at radius 3 is 2.29 bits per heavy atom. The van der Waals surface area contributed by atoms with Crippen LogP contribution in [0, 0.1) is 13.8 Å². The first kappa shape index (κ1) is 17.3. The highest BCUT2D eigenvalue weighted by molar-refractivity contribution is 6.07. The van der Waals surface area contributed by atoms with E-state index < -0.39 is 11.3 Å². The fraction of sp³-hybridized carbons (Fsp3) is 0.235. The molecule has 7 heteroatoms. The van der Waals surface area contributed by atoms with Crippen LogP contribution in [0.15, 0.2) is 23.0 Å². The molecule has 2 rings (SSSR count). The van der Waals surface area contributed by atoms with Crippen molar-refractivity contribution < 1.29 is 19.4 Å². The molecule has 0 aliphatic rings. The van der Waals surface area contributed by atoms with Gasteiger partial charge in [0.15, 0.2) is 17.3 Å². The summed E-state index contributed by atoms with van der Waals surface area (Å²) in [6.45, 7) is 3.25. The maximum atomic E-state index is 12.3. The number of aryl methyl sites for hydroxylation is 2. The van der Waals surface area contributed by atoms with Gasteiger partial charge in [0.05, 0.1) is 19.9 Å². The molecule has 1 aromatic heterocycles. The van der Waals surface area contributed by atoms with Crippen molar-refractivity contribution in [3.8, 4) is 17.2 Å². The topological polar surface area (TPSA) is 102 Å². The molecule has 0 bridgehead atoms. The van der Waals surface area contributed by atoms with Crippen LogP contribution in [0.2, 0.25) is 0 Å². The first-order valence-electron chi connectivity index (χ1n) is 7.12. The molecule has 2 N–H and O–H groups in total. The first-order valence-corrected chi connectivity index (χ1v) is 7.12. The lowest BCUT2D eigenvalue weighted by Crippen LogP contribution is -2.21. The highest BCUT2D eigenvalue weighted by Crippen LogP contribution is 2.37. The standard InChI is InChI=1S/C17H18N2O5/c1-9-15(17(22)19-10(2)18-9)12(20)6-5-11-7-13(23-3)16(21)14(8-11)24-4/h5-8,21H,1-4H3,(H,18,19,22)/b6-5+. The number of aromatic amines is 1. The van der Waals surface area contributed by atoms with E-state index in [0.29, 0.717) is 17.1 Å². The van der Waals surface area contributed by atoms with E-state index in [-0.39, 0.29) is 22.8 Å². The third-order valence-corrected chi connectivity index (χ3v) is 3.39. The number of aromatic nitrogens is 2. The number of methoxy groups -OCH3 is 2. The Labute approximate surface area is 138 Å². The summed E-state index contributed by atoms with van der Waals surface area (Å²) in [7, 11) is 2.82. The van der Waals surface area contributed by atoms with Crippen molar-refractivity contribution in [3.63, 3.8) is 0 Å². The largest absolute Gasteiger partial charge is 0.502 e. The van der Waals surface area contributed by atoms with E-state index in [9.17, 15) is 14.7 Å². The van der Waals surface area contributed by atoms with Crippen molar-refractivity contribution >= 4 is 11.9 Å². The lowest BCUT2D eigenvalue weighted by molar-refractivity contribution is 0.104. The van der Waals surface area contributed by atoms with Crippen LogP contribution in [-0.2, 0) is 0 Å². The van der Waals surface area contributed by atoms with E-state index in [1.165, 1.54) is 26.4 Å². The molecule has 0 saturated carbocycles. The minimum absolute atomic E-state index is 0.00504. The normalized spacial score (nSPS) is 10.8. The summed E-state index contributed by atoms with van der Waals surface area (Å²) in [6.07, 6.45) is 2.77. The third kappa shape index (κ3) is 3.45. The molecule has 0 spiro atoms. The van der Waals surface area contributed by atoms with Gasteiger partial charge in [-0.2, -0.15) is 0 Å². The summed E-state index contributed by atoms with van der Waals surface area (Å²) in [4.78, 5) is 30.8. The molecule has 1 aromatic carbocycles. The number of rotatable bonds is 5. The van der Waals surface area contributed by atoms with Crippen molar-refractivity contribution in [1.82, 2.24) is 9.97 Å². The number of nitrogens with zero attached hydrogens (tertiary/aromatic N) is 1. The Balaban J connectivity index is 2.38. The van der Waals surface area contributed by atoms with Crippen LogP contribution in [0.1, 0.15) is 27.4 Å². The number of ketones is 1. The van der Waals surface area contributed by atoms with Crippen LogP contribution in [0.25, 0.3) is 6.08 Å². The Kier molecular flexibility index (Phi) is 5.03. The fourth-order valence-corrected chi connectivity index (χ4v) is 2.28. The van der Waals surface area contributed by atoms with Crippen LogP contribution in [0.4, 0.5) is 0 Å². The Morgan fingerprint density at radius 2 is 1.79 bits per heavy atom. The number of phenolic OH excluding ortho intramolecular Hbond substituents is 1. The van der Waals surface area contributed by atoms with E-state index in [4.69, 9.17) is 9.47 Å². The lowest BCUT2D eigenvalue weighted by atomic mass is 10.1. The van der Waals surface area contributed by atoms with Crippen molar-refractivity contribution in [2.45, 2.75) is 13.8 Å². The molecule has 126 valence electrons. The molecule has 0 atom stereocenters. The van der Waals surface area contributed by atoms with Crippen LogP contribution in [-0.4, -0.2) is 35.1 Å². The zero-order chi connectivity index (χ0) is 17.9. The molecule has 0 saturated heterocycles. The fourth-order valence-electron chi connectivity index (χ4n) is 2.28. The maximum Gasteiger partial charge on any atom is 0.262 e. The zero-order valence-electron chi connectivity index (χ0n) is 13.8. The smallest absolute Gasteiger partial charge is 0.262 e. The molecule has 1 heterocycles. The summed E-state index contributed by atoms with van der Waals surface area (Å²) in [5.41, 5.74) is 0.459. The molecular formula is C17H18N2O5. The van der Waals surface area contributed by atoms with Crippen LogP contribution in [0.3, 0.4) is 0 Å². The van der Waals surface area contributed by atoms with Gasteiger partial charge in [-0.3, -0.25) is 9.59 Å². The van der Waals surface area contributed by atoms with Gasteiger partial charge in [0.1, 0.15) is 11.4 Å². The molecule has 0 unspecified atom stereocenters. The molecule has 7 nitrogen and oxygen atoms in total. The van der Waals surface area contributed by atoms with Gasteiger partial charge in [0.25, 0.3) is 5.56 Å². The van der Waals surface area contributed by atoms with Crippen molar-refractivity contribution in [3.05, 3.63) is 51.2 Å². The second-order valence-electron chi connectivity index (χ2n) is 5.08. The van der Waals surface area contributed by atoms with Gasteiger partial charge in [0.2, 0.25) is 5.75 Å². The summed E-state index contributed by atoms with van der Waals surface area (Å²) >= 11 is 0. The van der Waals surface area contributed by atoms with Crippen LogP contribution in [0.5, 0.6) is 17.2 Å². The van der Waals surface area contributed by atoms with Gasteiger partial charge in [-0.05, 0) is 37.6 Å². The third-order valence-electron chi connectivity index (χ3n) is 3.39. The maximum absolute atomic E-state index is 12.3. The average Bonchev–Trinajstić information content (AvgIpc) is 2.52. The molecule has 0 aliphatic carbocycles. The summed E-state index contributed by atoms with van der Waals surface area (Å²) in [6, 6.07) is 3.10. The first-order chi connectivity index (χ1) is 11.4. The van der Waals surface area contributed by atoms with Crippen LogP contribution < -0.4 is 15.0 Å². The SMILES string of the molecule is COc1cc(/C=C/C(=O)c2c(C)nc(C)[nH]c2=O)cc(OC)c1O. The number of ether oxygens (including phenoxy) is 2. The van der Waals surface area contributed by atoms with Gasteiger partial charge in [-0.1, -0.05) is 6.08 Å². The molecule has 0 amide bonds. The number of H-pyrrole nitrogens is 1. The molecule has 24 heavy (non-hydrogen) atoms. The highest BCUT2D eigenvalue weighted by atomic mass is 16.5. The number of hydrogen-bond acceptors (Lipinski definition) is 6. The van der Waals surface area contributed by atoms with Gasteiger partial charge < -0.3 is 19.6 Å². The summed E-state index contributed by atoms with van der Waals surface area (Å²) in [5, 5.41) is 9.87. The van der Waals surface area contributed by atoms with E-state index in [1.807, 2.05) is 0 Å². The number of hydrogen-bond donors (Lipinski definition) is 2. The number of aromatic hydroxyl groups is 1. The van der Waals surface area contributed by atoms with Gasteiger partial charge in [-0.25, -0.2) is 4.98 Å². The quantitative estimate of drug-likeness (QED) is 0.642. The Bertz CT molecular complexity index is 843. The number of phenols is 1. The number of allylic oxidation sites excluding steroid dienone is 1. The minimum atomic E-state index is -0.476. The molecule has 0 aliphatic heterocycles. The van der Waals surface area contributed by atoms with Gasteiger partial charge in [-0.15, -0.1) is 0 Å². The average molecular weight is 330 g/mol.